The van der Waals surface area contributed by atoms with Gasteiger partial charge in [-0.2, -0.15) is 0 Å². The fourth-order valence-corrected chi connectivity index (χ4v) is 3.35. The summed E-state index contributed by atoms with van der Waals surface area (Å²) < 4.78 is 0.815. The Hall–Kier alpha value is -1.88. The molecule has 21 heavy (non-hydrogen) atoms. The Labute approximate surface area is 130 Å². The summed E-state index contributed by atoms with van der Waals surface area (Å²) >= 11 is 3.42. The largest absolute Gasteiger partial charge is 0.480 e. The van der Waals surface area contributed by atoms with E-state index in [4.69, 9.17) is 0 Å². The number of hydrogen-bond donors (Lipinski definition) is 1. The Balaban J connectivity index is 2.07. The van der Waals surface area contributed by atoms with Crippen LogP contribution in [0.4, 0.5) is 0 Å². The second-order valence-corrected chi connectivity index (χ2v) is 6.08. The van der Waals surface area contributed by atoms with Gasteiger partial charge in [0.1, 0.15) is 6.04 Å². The fraction of sp³-hybridized carbons (Fsp3) is 0.250. The molecule has 0 aliphatic carbocycles. The molecule has 1 N–H and O–H groups in total. The van der Waals surface area contributed by atoms with Gasteiger partial charge < -0.3 is 10.0 Å². The minimum absolute atomic E-state index is 0.211. The summed E-state index contributed by atoms with van der Waals surface area (Å²) in [7, 11) is 0. The number of carboxylic acid groups (broad SMARTS) is 1. The maximum Gasteiger partial charge on any atom is 0.326 e. The van der Waals surface area contributed by atoms with Gasteiger partial charge in [0.15, 0.2) is 0 Å². The van der Waals surface area contributed by atoms with Crippen molar-refractivity contribution in [2.24, 2.45) is 0 Å². The van der Waals surface area contributed by atoms with E-state index in [1.54, 1.807) is 6.07 Å². The molecule has 5 heteroatoms. The zero-order valence-corrected chi connectivity index (χ0v) is 12.8. The molecule has 3 rings (SSSR count). The number of hydrogen-bond acceptors (Lipinski definition) is 2. The number of halogens is 1. The van der Waals surface area contributed by atoms with Crippen LogP contribution in [0, 0.1) is 0 Å². The van der Waals surface area contributed by atoms with Crippen molar-refractivity contribution in [2.75, 3.05) is 6.54 Å². The normalized spacial score (nSPS) is 18.1. The molecule has 1 unspecified atom stereocenters. The topological polar surface area (TPSA) is 57.6 Å². The molecule has 0 bridgehead atoms. The Morgan fingerprint density at radius 1 is 1.24 bits per heavy atom. The summed E-state index contributed by atoms with van der Waals surface area (Å²) in [6.07, 6.45) is 1.25. The van der Waals surface area contributed by atoms with E-state index in [0.29, 0.717) is 18.5 Å². The van der Waals surface area contributed by atoms with Gasteiger partial charge in [0, 0.05) is 16.6 Å². The lowest BCUT2D eigenvalue weighted by molar-refractivity contribution is -0.141. The van der Waals surface area contributed by atoms with Crippen LogP contribution in [0.25, 0.3) is 10.8 Å². The number of carbonyl (C=O) groups is 2. The minimum atomic E-state index is -0.930. The maximum atomic E-state index is 12.8. The van der Waals surface area contributed by atoms with Gasteiger partial charge in [0.2, 0.25) is 0 Å². The quantitative estimate of drug-likeness (QED) is 0.906. The molecule has 2 aromatic rings. The van der Waals surface area contributed by atoms with Gasteiger partial charge in [-0.15, -0.1) is 0 Å². The van der Waals surface area contributed by atoms with Crippen LogP contribution < -0.4 is 0 Å². The maximum absolute atomic E-state index is 12.8. The van der Waals surface area contributed by atoms with E-state index < -0.39 is 12.0 Å². The highest BCUT2D eigenvalue weighted by Gasteiger charge is 2.34. The number of carboxylic acids is 1. The molecule has 0 radical (unpaired) electrons. The number of fused-ring (bicyclic) bond motifs is 1. The minimum Gasteiger partial charge on any atom is -0.480 e. The van der Waals surface area contributed by atoms with Crippen molar-refractivity contribution in [1.82, 2.24) is 4.90 Å². The molecule has 4 nitrogen and oxygen atoms in total. The van der Waals surface area contributed by atoms with E-state index in [2.05, 4.69) is 15.9 Å². The molecule has 1 aliphatic rings. The van der Waals surface area contributed by atoms with E-state index in [1.807, 2.05) is 30.3 Å². The molecular formula is C16H14BrNO3. The van der Waals surface area contributed by atoms with Crippen LogP contribution in [-0.2, 0) is 4.79 Å². The summed E-state index contributed by atoms with van der Waals surface area (Å²) in [6, 6.07) is 10.6. The first-order chi connectivity index (χ1) is 10.1. The molecule has 108 valence electrons. The molecular weight excluding hydrogens is 334 g/mol. The van der Waals surface area contributed by atoms with Crippen LogP contribution in [-0.4, -0.2) is 34.5 Å². The van der Waals surface area contributed by atoms with Crippen LogP contribution in [0.3, 0.4) is 0 Å². The third kappa shape index (κ3) is 2.53. The SMILES string of the molecule is O=C(O)C1CCCN1C(=O)c1cc(Br)cc2ccccc12. The number of likely N-dealkylation sites (tertiary alicyclic amines) is 1. The van der Waals surface area contributed by atoms with Crippen LogP contribution in [0.2, 0.25) is 0 Å². The smallest absolute Gasteiger partial charge is 0.326 e. The van der Waals surface area contributed by atoms with E-state index in [-0.39, 0.29) is 5.91 Å². The Morgan fingerprint density at radius 2 is 2.00 bits per heavy atom. The number of carbonyl (C=O) groups excluding carboxylic acids is 1. The van der Waals surface area contributed by atoms with Gasteiger partial charge in [-0.25, -0.2) is 4.79 Å². The average molecular weight is 348 g/mol. The lowest BCUT2D eigenvalue weighted by Gasteiger charge is -2.22. The fourth-order valence-electron chi connectivity index (χ4n) is 2.87. The highest BCUT2D eigenvalue weighted by atomic mass is 79.9. The van der Waals surface area contributed by atoms with Gasteiger partial charge in [0.05, 0.1) is 0 Å². The average Bonchev–Trinajstić information content (AvgIpc) is 2.95. The Morgan fingerprint density at radius 3 is 2.76 bits per heavy atom. The van der Waals surface area contributed by atoms with Crippen LogP contribution >= 0.6 is 15.9 Å². The summed E-state index contributed by atoms with van der Waals surface area (Å²) in [5.74, 6) is -1.14. The highest BCUT2D eigenvalue weighted by molar-refractivity contribution is 9.10. The number of amides is 1. The second-order valence-electron chi connectivity index (χ2n) is 5.17. The monoisotopic (exact) mass is 347 g/mol. The molecule has 1 aliphatic heterocycles. The standard InChI is InChI=1S/C16H14BrNO3/c17-11-8-10-4-1-2-5-12(10)13(9-11)15(19)18-7-3-6-14(18)16(20)21/h1-2,4-5,8-9,14H,3,6-7H2,(H,20,21). The zero-order chi connectivity index (χ0) is 15.0. The van der Waals surface area contributed by atoms with Gasteiger partial charge >= 0.3 is 5.97 Å². The van der Waals surface area contributed by atoms with Crippen molar-refractivity contribution in [1.29, 1.82) is 0 Å². The summed E-state index contributed by atoms with van der Waals surface area (Å²) in [6.45, 7) is 0.497. The first-order valence-electron chi connectivity index (χ1n) is 6.80. The van der Waals surface area contributed by atoms with Gasteiger partial charge in [0.25, 0.3) is 5.91 Å². The highest BCUT2D eigenvalue weighted by Crippen LogP contribution is 2.28. The first-order valence-corrected chi connectivity index (χ1v) is 7.59. The first kappa shape index (κ1) is 14.1. The third-order valence-electron chi connectivity index (χ3n) is 3.86. The van der Waals surface area contributed by atoms with Crippen molar-refractivity contribution in [2.45, 2.75) is 18.9 Å². The van der Waals surface area contributed by atoms with Crippen molar-refractivity contribution in [3.05, 3.63) is 46.4 Å². The van der Waals surface area contributed by atoms with E-state index in [1.165, 1.54) is 4.90 Å². The molecule has 2 aromatic carbocycles. The van der Waals surface area contributed by atoms with E-state index >= 15 is 0 Å². The van der Waals surface area contributed by atoms with E-state index in [9.17, 15) is 14.7 Å². The lowest BCUT2D eigenvalue weighted by atomic mass is 10.0. The molecule has 1 atom stereocenters. The zero-order valence-electron chi connectivity index (χ0n) is 11.3. The Bertz CT molecular complexity index is 729. The molecule has 0 saturated carbocycles. The summed E-state index contributed by atoms with van der Waals surface area (Å²) in [5, 5.41) is 11.1. The van der Waals surface area contributed by atoms with Gasteiger partial charge in [-0.1, -0.05) is 40.2 Å². The molecule has 0 spiro atoms. The predicted octanol–water partition coefficient (Wildman–Crippen LogP) is 3.29. The Kier molecular flexibility index (Phi) is 3.68. The third-order valence-corrected chi connectivity index (χ3v) is 4.31. The summed E-state index contributed by atoms with van der Waals surface area (Å²) in [4.78, 5) is 25.5. The lowest BCUT2D eigenvalue weighted by Crippen LogP contribution is -2.40. The molecule has 0 aromatic heterocycles. The van der Waals surface area contributed by atoms with Crippen LogP contribution in [0.1, 0.15) is 23.2 Å². The van der Waals surface area contributed by atoms with E-state index in [0.717, 1.165) is 21.7 Å². The van der Waals surface area contributed by atoms with Crippen LogP contribution in [0.5, 0.6) is 0 Å². The molecule has 1 heterocycles. The molecule has 1 saturated heterocycles. The molecule has 1 amide bonds. The number of rotatable bonds is 2. The van der Waals surface area contributed by atoms with Gasteiger partial charge in [-0.3, -0.25) is 4.79 Å². The van der Waals surface area contributed by atoms with Crippen molar-refractivity contribution < 1.29 is 14.7 Å². The van der Waals surface area contributed by atoms with Crippen molar-refractivity contribution >= 4 is 38.6 Å². The number of nitrogens with zero attached hydrogens (tertiary/aromatic N) is 1. The van der Waals surface area contributed by atoms with Crippen LogP contribution in [0.15, 0.2) is 40.9 Å². The van der Waals surface area contributed by atoms with Crippen molar-refractivity contribution in [3.8, 4) is 0 Å². The number of benzene rings is 2. The molecule has 1 fully saturated rings. The van der Waals surface area contributed by atoms with Crippen molar-refractivity contribution in [3.63, 3.8) is 0 Å². The number of aliphatic carboxylic acids is 1. The second kappa shape index (κ2) is 5.48. The summed E-state index contributed by atoms with van der Waals surface area (Å²) in [5.41, 5.74) is 0.549. The van der Waals surface area contributed by atoms with Gasteiger partial charge in [-0.05, 0) is 35.7 Å². The predicted molar refractivity (Wildman–Crippen MR) is 83.3 cm³/mol.